The number of imide groups is 1. The standard InChI is InChI=1S/C14H15N3O3/c1-17(9-6-11-4-7-15-8-5-11)14(19)16-13(18)12-3-2-10-20-12/h2-5,7-8,10H,6,9H2,1H3,(H,16,18,19). The van der Waals surface area contributed by atoms with E-state index in [1.54, 1.807) is 25.5 Å². The van der Waals surface area contributed by atoms with Crippen molar-refractivity contribution in [2.75, 3.05) is 13.6 Å². The molecule has 3 amide bonds. The van der Waals surface area contributed by atoms with Gasteiger partial charge in [-0.25, -0.2) is 4.79 Å². The van der Waals surface area contributed by atoms with E-state index in [1.807, 2.05) is 12.1 Å². The molecule has 0 spiro atoms. The fraction of sp³-hybridized carbons (Fsp3) is 0.214. The summed E-state index contributed by atoms with van der Waals surface area (Å²) < 4.78 is 4.92. The Bertz CT molecular complexity index is 567. The summed E-state index contributed by atoms with van der Waals surface area (Å²) in [6.45, 7) is 0.501. The lowest BCUT2D eigenvalue weighted by Gasteiger charge is -2.16. The molecule has 6 heteroatoms. The average molecular weight is 273 g/mol. The van der Waals surface area contributed by atoms with E-state index in [4.69, 9.17) is 4.42 Å². The lowest BCUT2D eigenvalue weighted by Crippen LogP contribution is -2.41. The van der Waals surface area contributed by atoms with Crippen molar-refractivity contribution in [2.45, 2.75) is 6.42 Å². The molecule has 0 atom stereocenters. The summed E-state index contributed by atoms with van der Waals surface area (Å²) in [4.78, 5) is 28.8. The van der Waals surface area contributed by atoms with Gasteiger partial charge < -0.3 is 9.32 Å². The molecule has 0 unspecified atom stereocenters. The normalized spacial score (nSPS) is 10.1. The molecule has 20 heavy (non-hydrogen) atoms. The van der Waals surface area contributed by atoms with Crippen molar-refractivity contribution < 1.29 is 14.0 Å². The summed E-state index contributed by atoms with van der Waals surface area (Å²) in [6.07, 6.45) is 5.49. The molecule has 0 bridgehead atoms. The summed E-state index contributed by atoms with van der Waals surface area (Å²) >= 11 is 0. The van der Waals surface area contributed by atoms with E-state index in [1.165, 1.54) is 17.2 Å². The van der Waals surface area contributed by atoms with Crippen LogP contribution in [0.4, 0.5) is 4.79 Å². The van der Waals surface area contributed by atoms with Crippen LogP contribution in [0.25, 0.3) is 0 Å². The van der Waals surface area contributed by atoms with Crippen LogP contribution in [0.2, 0.25) is 0 Å². The van der Waals surface area contributed by atoms with Crippen LogP contribution < -0.4 is 5.32 Å². The zero-order valence-corrected chi connectivity index (χ0v) is 11.1. The number of carbonyl (C=O) groups excluding carboxylic acids is 2. The first-order chi connectivity index (χ1) is 9.66. The molecule has 0 aliphatic carbocycles. The van der Waals surface area contributed by atoms with Gasteiger partial charge in [0.15, 0.2) is 5.76 Å². The molecule has 0 aliphatic rings. The van der Waals surface area contributed by atoms with Crippen LogP contribution in [0.5, 0.6) is 0 Å². The van der Waals surface area contributed by atoms with E-state index < -0.39 is 11.9 Å². The number of nitrogens with one attached hydrogen (secondary N) is 1. The van der Waals surface area contributed by atoms with Crippen LogP contribution in [0.15, 0.2) is 47.3 Å². The Morgan fingerprint density at radius 3 is 2.70 bits per heavy atom. The van der Waals surface area contributed by atoms with Crippen molar-refractivity contribution in [1.82, 2.24) is 15.2 Å². The molecule has 0 saturated carbocycles. The third-order valence-corrected chi connectivity index (χ3v) is 2.80. The lowest BCUT2D eigenvalue weighted by molar-refractivity contribution is 0.0927. The van der Waals surface area contributed by atoms with Crippen molar-refractivity contribution in [3.05, 3.63) is 54.2 Å². The summed E-state index contributed by atoms with van der Waals surface area (Å²) in [5.74, 6) is -0.434. The number of pyridine rings is 1. The molecule has 2 aromatic heterocycles. The fourth-order valence-electron chi connectivity index (χ4n) is 1.61. The third kappa shape index (κ3) is 3.68. The number of aromatic nitrogens is 1. The lowest BCUT2D eigenvalue weighted by atomic mass is 10.2. The predicted octanol–water partition coefficient (Wildman–Crippen LogP) is 1.70. The highest BCUT2D eigenvalue weighted by Crippen LogP contribution is 2.01. The summed E-state index contributed by atoms with van der Waals surface area (Å²) in [5, 5.41) is 2.26. The van der Waals surface area contributed by atoms with Gasteiger partial charge in [0.2, 0.25) is 0 Å². The third-order valence-electron chi connectivity index (χ3n) is 2.80. The zero-order chi connectivity index (χ0) is 14.4. The van der Waals surface area contributed by atoms with Gasteiger partial charge >= 0.3 is 6.03 Å². The van der Waals surface area contributed by atoms with Crippen molar-refractivity contribution in [3.8, 4) is 0 Å². The highest BCUT2D eigenvalue weighted by Gasteiger charge is 2.15. The molecule has 0 fully saturated rings. The second-order valence-electron chi connectivity index (χ2n) is 4.26. The molecular weight excluding hydrogens is 258 g/mol. The Kier molecular flexibility index (Phi) is 4.49. The van der Waals surface area contributed by atoms with Crippen molar-refractivity contribution in [3.63, 3.8) is 0 Å². The van der Waals surface area contributed by atoms with Crippen molar-refractivity contribution >= 4 is 11.9 Å². The van der Waals surface area contributed by atoms with E-state index >= 15 is 0 Å². The molecule has 0 aliphatic heterocycles. The first-order valence-corrected chi connectivity index (χ1v) is 6.15. The van der Waals surface area contributed by atoms with Crippen LogP contribution in [0.1, 0.15) is 16.1 Å². The van der Waals surface area contributed by atoms with Crippen LogP contribution >= 0.6 is 0 Å². The molecule has 1 N–H and O–H groups in total. The van der Waals surface area contributed by atoms with Gasteiger partial charge in [-0.1, -0.05) is 0 Å². The smallest absolute Gasteiger partial charge is 0.324 e. The SMILES string of the molecule is CN(CCc1ccncc1)C(=O)NC(=O)c1ccco1. The summed E-state index contributed by atoms with van der Waals surface area (Å²) in [6, 6.07) is 6.41. The minimum atomic E-state index is -0.546. The van der Waals surface area contributed by atoms with Crippen molar-refractivity contribution in [1.29, 1.82) is 0 Å². The van der Waals surface area contributed by atoms with Crippen LogP contribution in [0, 0.1) is 0 Å². The average Bonchev–Trinajstić information content (AvgIpc) is 3.00. The summed E-state index contributed by atoms with van der Waals surface area (Å²) in [5.41, 5.74) is 1.08. The molecule has 2 rings (SSSR count). The van der Waals surface area contributed by atoms with Gasteiger partial charge in [0, 0.05) is 26.0 Å². The highest BCUT2D eigenvalue weighted by molar-refractivity contribution is 6.02. The molecule has 2 aromatic rings. The first kappa shape index (κ1) is 13.8. The molecule has 6 nitrogen and oxygen atoms in total. The maximum Gasteiger partial charge on any atom is 0.324 e. The number of likely N-dealkylation sites (N-methyl/N-ethyl adjacent to an activating group) is 1. The first-order valence-electron chi connectivity index (χ1n) is 6.15. The zero-order valence-electron chi connectivity index (χ0n) is 11.1. The van der Waals surface area contributed by atoms with Crippen molar-refractivity contribution in [2.24, 2.45) is 0 Å². The van der Waals surface area contributed by atoms with E-state index in [2.05, 4.69) is 10.3 Å². The van der Waals surface area contributed by atoms with Gasteiger partial charge in [-0.05, 0) is 36.2 Å². The van der Waals surface area contributed by atoms with Gasteiger partial charge in [-0.15, -0.1) is 0 Å². The van der Waals surface area contributed by atoms with Crippen LogP contribution in [-0.2, 0) is 6.42 Å². The maximum atomic E-state index is 11.8. The Hall–Kier alpha value is -2.63. The molecule has 2 heterocycles. The van der Waals surface area contributed by atoms with Crippen LogP contribution in [-0.4, -0.2) is 35.4 Å². The molecular formula is C14H15N3O3. The molecule has 0 radical (unpaired) electrons. The quantitative estimate of drug-likeness (QED) is 0.920. The van der Waals surface area contributed by atoms with Gasteiger partial charge in [0.25, 0.3) is 5.91 Å². The number of carbonyl (C=O) groups is 2. The highest BCUT2D eigenvalue weighted by atomic mass is 16.3. The van der Waals surface area contributed by atoms with Gasteiger partial charge in [-0.2, -0.15) is 0 Å². The van der Waals surface area contributed by atoms with E-state index in [0.717, 1.165) is 5.56 Å². The number of rotatable bonds is 4. The number of nitrogens with zero attached hydrogens (tertiary/aromatic N) is 2. The second-order valence-corrected chi connectivity index (χ2v) is 4.26. The van der Waals surface area contributed by atoms with E-state index in [-0.39, 0.29) is 5.76 Å². The molecule has 104 valence electrons. The predicted molar refractivity (Wildman–Crippen MR) is 72.1 cm³/mol. The Balaban J connectivity index is 1.82. The minimum absolute atomic E-state index is 0.112. The van der Waals surface area contributed by atoms with Gasteiger partial charge in [0.1, 0.15) is 0 Å². The van der Waals surface area contributed by atoms with E-state index in [0.29, 0.717) is 13.0 Å². The number of hydrogen-bond donors (Lipinski definition) is 1. The largest absolute Gasteiger partial charge is 0.459 e. The van der Waals surface area contributed by atoms with E-state index in [9.17, 15) is 9.59 Å². The summed E-state index contributed by atoms with van der Waals surface area (Å²) in [7, 11) is 1.63. The monoisotopic (exact) mass is 273 g/mol. The second kappa shape index (κ2) is 6.51. The number of urea groups is 1. The Morgan fingerprint density at radius 2 is 2.05 bits per heavy atom. The molecule has 0 aromatic carbocycles. The Labute approximate surface area is 116 Å². The van der Waals surface area contributed by atoms with Gasteiger partial charge in [-0.3, -0.25) is 15.1 Å². The maximum absolute atomic E-state index is 11.8. The minimum Gasteiger partial charge on any atom is -0.459 e. The number of furan rings is 1. The topological polar surface area (TPSA) is 75.4 Å². The van der Waals surface area contributed by atoms with Crippen LogP contribution in [0.3, 0.4) is 0 Å². The molecule has 0 saturated heterocycles. The van der Waals surface area contributed by atoms with Gasteiger partial charge in [0.05, 0.1) is 6.26 Å². The number of hydrogen-bond acceptors (Lipinski definition) is 4. The fourth-order valence-corrected chi connectivity index (χ4v) is 1.61. The Morgan fingerprint density at radius 1 is 1.30 bits per heavy atom. The number of amides is 3.